The average molecular weight is 305 g/mol. The maximum atomic E-state index is 11.3. The van der Waals surface area contributed by atoms with Crippen LogP contribution in [0.4, 0.5) is 0 Å². The van der Waals surface area contributed by atoms with Gasteiger partial charge in [-0.2, -0.15) is 4.98 Å². The van der Waals surface area contributed by atoms with E-state index in [9.17, 15) is 9.90 Å². The van der Waals surface area contributed by atoms with E-state index in [1.165, 1.54) is 0 Å². The highest BCUT2D eigenvalue weighted by molar-refractivity contribution is 7.13. The van der Waals surface area contributed by atoms with Crippen LogP contribution in [0.1, 0.15) is 25.1 Å². The number of fused-ring (bicyclic) bond motifs is 2. The fourth-order valence-corrected chi connectivity index (χ4v) is 4.24. The summed E-state index contributed by atoms with van der Waals surface area (Å²) in [6.07, 6.45) is 2.77. The minimum Gasteiger partial charge on any atom is -0.481 e. The summed E-state index contributed by atoms with van der Waals surface area (Å²) >= 11 is 1.56. The summed E-state index contributed by atoms with van der Waals surface area (Å²) < 4.78 is 5.29. The Morgan fingerprint density at radius 1 is 1.52 bits per heavy atom. The van der Waals surface area contributed by atoms with Crippen LogP contribution in [0, 0.1) is 5.92 Å². The Hall–Kier alpha value is -1.73. The highest BCUT2D eigenvalue weighted by Crippen LogP contribution is 2.42. The Kier molecular flexibility index (Phi) is 3.04. The SMILES string of the molecule is O=C(O)C1CC2CCC1N2Cc1noc(-c2cccs2)n1. The highest BCUT2D eigenvalue weighted by Gasteiger charge is 2.49. The number of rotatable bonds is 4. The number of carbonyl (C=O) groups is 1. The Morgan fingerprint density at radius 2 is 2.43 bits per heavy atom. The number of hydrogen-bond donors (Lipinski definition) is 1. The molecule has 0 spiro atoms. The molecule has 2 saturated heterocycles. The first-order chi connectivity index (χ1) is 10.2. The van der Waals surface area contributed by atoms with Gasteiger partial charge in [-0.05, 0) is 30.7 Å². The van der Waals surface area contributed by atoms with E-state index in [2.05, 4.69) is 15.0 Å². The van der Waals surface area contributed by atoms with E-state index in [1.807, 2.05) is 17.5 Å². The van der Waals surface area contributed by atoms with E-state index >= 15 is 0 Å². The van der Waals surface area contributed by atoms with E-state index in [-0.39, 0.29) is 12.0 Å². The van der Waals surface area contributed by atoms with Gasteiger partial charge in [-0.1, -0.05) is 11.2 Å². The predicted octanol–water partition coefficient (Wildman–Crippen LogP) is 2.24. The minimum atomic E-state index is -0.681. The molecule has 4 rings (SSSR count). The minimum absolute atomic E-state index is 0.121. The molecule has 0 radical (unpaired) electrons. The van der Waals surface area contributed by atoms with Crippen molar-refractivity contribution in [2.75, 3.05) is 0 Å². The quantitative estimate of drug-likeness (QED) is 0.933. The third-order valence-electron chi connectivity index (χ3n) is 4.52. The van der Waals surface area contributed by atoms with Crippen LogP contribution in [-0.2, 0) is 11.3 Å². The topological polar surface area (TPSA) is 79.5 Å². The first-order valence-corrected chi connectivity index (χ1v) is 7.95. The summed E-state index contributed by atoms with van der Waals surface area (Å²) in [6.45, 7) is 0.577. The van der Waals surface area contributed by atoms with Gasteiger partial charge in [-0.25, -0.2) is 0 Å². The number of aliphatic carboxylic acids is 1. The number of thiophene rings is 1. The molecule has 7 heteroatoms. The number of aromatic nitrogens is 2. The van der Waals surface area contributed by atoms with Crippen molar-refractivity contribution in [1.29, 1.82) is 0 Å². The summed E-state index contributed by atoms with van der Waals surface area (Å²) in [6, 6.07) is 4.36. The largest absolute Gasteiger partial charge is 0.481 e. The van der Waals surface area contributed by atoms with Crippen LogP contribution in [0.3, 0.4) is 0 Å². The lowest BCUT2D eigenvalue weighted by Gasteiger charge is -2.20. The lowest BCUT2D eigenvalue weighted by atomic mass is 9.89. The molecule has 2 aliphatic rings. The molecule has 2 fully saturated rings. The molecule has 3 unspecified atom stereocenters. The van der Waals surface area contributed by atoms with E-state index in [1.54, 1.807) is 11.3 Å². The molecule has 0 aromatic carbocycles. The predicted molar refractivity (Wildman–Crippen MR) is 75.7 cm³/mol. The van der Waals surface area contributed by atoms with Gasteiger partial charge < -0.3 is 9.63 Å². The zero-order valence-electron chi connectivity index (χ0n) is 11.3. The zero-order chi connectivity index (χ0) is 14.4. The van der Waals surface area contributed by atoms with E-state index < -0.39 is 5.97 Å². The second-order valence-corrected chi connectivity index (χ2v) is 6.59. The standard InChI is InChI=1S/C14H15N3O3S/c18-14(19)9-6-8-3-4-10(9)17(8)7-12-15-13(20-16-12)11-2-1-5-21-11/h1-2,5,8-10H,3-4,6-7H2,(H,18,19). The maximum absolute atomic E-state index is 11.3. The lowest BCUT2D eigenvalue weighted by molar-refractivity contribution is -0.142. The van der Waals surface area contributed by atoms with Gasteiger partial charge in [0.2, 0.25) is 0 Å². The van der Waals surface area contributed by atoms with Gasteiger partial charge >= 0.3 is 5.97 Å². The Labute approximate surface area is 125 Å². The van der Waals surface area contributed by atoms with Crippen LogP contribution in [0.15, 0.2) is 22.0 Å². The summed E-state index contributed by atoms with van der Waals surface area (Å²) in [5, 5.41) is 15.3. The molecule has 0 amide bonds. The molecule has 0 aliphatic carbocycles. The molecular formula is C14H15N3O3S. The van der Waals surface area contributed by atoms with Gasteiger partial charge in [0.25, 0.3) is 5.89 Å². The summed E-state index contributed by atoms with van der Waals surface area (Å²) in [4.78, 5) is 18.9. The molecule has 0 saturated carbocycles. The molecule has 2 aromatic heterocycles. The molecule has 2 bridgehead atoms. The molecule has 2 aromatic rings. The van der Waals surface area contributed by atoms with Gasteiger partial charge in [0, 0.05) is 12.1 Å². The van der Waals surface area contributed by atoms with Crippen molar-refractivity contribution < 1.29 is 14.4 Å². The highest BCUT2D eigenvalue weighted by atomic mass is 32.1. The Bertz CT molecular complexity index is 654. The van der Waals surface area contributed by atoms with Crippen LogP contribution in [0.5, 0.6) is 0 Å². The molecular weight excluding hydrogens is 290 g/mol. The van der Waals surface area contributed by atoms with Gasteiger partial charge in [-0.15, -0.1) is 11.3 Å². The molecule has 1 N–H and O–H groups in total. The molecule has 6 nitrogen and oxygen atoms in total. The van der Waals surface area contributed by atoms with Crippen LogP contribution in [0.25, 0.3) is 10.8 Å². The van der Waals surface area contributed by atoms with Gasteiger partial charge in [0.1, 0.15) is 0 Å². The van der Waals surface area contributed by atoms with Crippen molar-refractivity contribution in [2.24, 2.45) is 5.92 Å². The normalized spacial score (nSPS) is 28.3. The van der Waals surface area contributed by atoms with Crippen molar-refractivity contribution in [2.45, 2.75) is 37.9 Å². The summed E-state index contributed by atoms with van der Waals surface area (Å²) in [7, 11) is 0. The molecule has 2 aliphatic heterocycles. The van der Waals surface area contributed by atoms with Crippen molar-refractivity contribution >= 4 is 17.3 Å². The third kappa shape index (κ3) is 2.16. The van der Waals surface area contributed by atoms with Gasteiger partial charge in [0.15, 0.2) is 5.82 Å². The molecule has 4 heterocycles. The Balaban J connectivity index is 1.51. The van der Waals surface area contributed by atoms with Crippen molar-refractivity contribution in [3.05, 3.63) is 23.3 Å². The van der Waals surface area contributed by atoms with E-state index in [4.69, 9.17) is 4.52 Å². The first-order valence-electron chi connectivity index (χ1n) is 7.07. The van der Waals surface area contributed by atoms with Crippen LogP contribution < -0.4 is 0 Å². The monoisotopic (exact) mass is 305 g/mol. The fourth-order valence-electron chi connectivity index (χ4n) is 3.59. The second-order valence-electron chi connectivity index (χ2n) is 5.64. The fraction of sp³-hybridized carbons (Fsp3) is 0.500. The van der Waals surface area contributed by atoms with Gasteiger partial charge in [0.05, 0.1) is 17.3 Å². The van der Waals surface area contributed by atoms with Crippen LogP contribution in [-0.4, -0.2) is 38.2 Å². The van der Waals surface area contributed by atoms with Crippen LogP contribution >= 0.6 is 11.3 Å². The van der Waals surface area contributed by atoms with Gasteiger partial charge in [-0.3, -0.25) is 9.69 Å². The van der Waals surface area contributed by atoms with E-state index in [0.29, 0.717) is 24.3 Å². The summed E-state index contributed by atoms with van der Waals surface area (Å²) in [5.41, 5.74) is 0. The molecule has 3 atom stereocenters. The lowest BCUT2D eigenvalue weighted by Crippen LogP contribution is -2.32. The molecule has 110 valence electrons. The van der Waals surface area contributed by atoms with Crippen molar-refractivity contribution in [1.82, 2.24) is 15.0 Å². The Morgan fingerprint density at radius 3 is 3.14 bits per heavy atom. The zero-order valence-corrected chi connectivity index (χ0v) is 12.1. The molecule has 21 heavy (non-hydrogen) atoms. The average Bonchev–Trinajstić information content (AvgIpc) is 3.22. The number of hydrogen-bond acceptors (Lipinski definition) is 6. The first kappa shape index (κ1) is 13.0. The van der Waals surface area contributed by atoms with Crippen molar-refractivity contribution in [3.8, 4) is 10.8 Å². The maximum Gasteiger partial charge on any atom is 0.308 e. The number of nitrogens with zero attached hydrogens (tertiary/aromatic N) is 3. The number of carboxylic acids is 1. The van der Waals surface area contributed by atoms with Crippen LogP contribution in [0.2, 0.25) is 0 Å². The summed E-state index contributed by atoms with van der Waals surface area (Å²) in [5.74, 6) is 0.259. The van der Waals surface area contributed by atoms with E-state index in [0.717, 1.165) is 24.1 Å². The van der Waals surface area contributed by atoms with Crippen molar-refractivity contribution in [3.63, 3.8) is 0 Å². The number of carboxylic acid groups (broad SMARTS) is 1. The third-order valence-corrected chi connectivity index (χ3v) is 5.38. The smallest absolute Gasteiger partial charge is 0.308 e. The second kappa shape index (κ2) is 4.92.